The van der Waals surface area contributed by atoms with Crippen LogP contribution in [0.15, 0.2) is 30.3 Å². The summed E-state index contributed by atoms with van der Waals surface area (Å²) in [5.74, 6) is -0.151. The molecule has 1 aliphatic rings. The Hall–Kier alpha value is -1.43. The summed E-state index contributed by atoms with van der Waals surface area (Å²) in [6.07, 6.45) is -0.439. The molecule has 1 aromatic carbocycles. The highest BCUT2D eigenvalue weighted by Gasteiger charge is 2.28. The molecule has 0 radical (unpaired) electrons. The van der Waals surface area contributed by atoms with Crippen molar-refractivity contribution in [3.05, 3.63) is 35.9 Å². The van der Waals surface area contributed by atoms with Gasteiger partial charge in [-0.3, -0.25) is 4.79 Å². The maximum Gasteiger partial charge on any atom is 0.242 e. The van der Waals surface area contributed by atoms with Gasteiger partial charge in [-0.2, -0.15) is 0 Å². The van der Waals surface area contributed by atoms with Gasteiger partial charge in [-0.25, -0.2) is 0 Å². The minimum absolute atomic E-state index is 0.151. The van der Waals surface area contributed by atoms with Crippen LogP contribution in [0.3, 0.4) is 0 Å². The van der Waals surface area contributed by atoms with Gasteiger partial charge >= 0.3 is 0 Å². The second-order valence-electron chi connectivity index (χ2n) is 5.41. The van der Waals surface area contributed by atoms with E-state index in [9.17, 15) is 9.90 Å². The van der Waals surface area contributed by atoms with Crippen LogP contribution in [0.2, 0.25) is 0 Å². The van der Waals surface area contributed by atoms with E-state index >= 15 is 0 Å². The van der Waals surface area contributed by atoms with Gasteiger partial charge in [-0.15, -0.1) is 0 Å². The Morgan fingerprint density at radius 1 is 1.25 bits per heavy atom. The molecule has 1 fully saturated rings. The largest absolute Gasteiger partial charge is 0.391 e. The number of aliphatic hydroxyl groups is 1. The number of carbonyl (C=O) groups is 1. The molecule has 110 valence electrons. The lowest BCUT2D eigenvalue weighted by Gasteiger charge is -2.34. The van der Waals surface area contributed by atoms with E-state index in [1.807, 2.05) is 37.4 Å². The van der Waals surface area contributed by atoms with Crippen LogP contribution in [-0.4, -0.2) is 66.2 Å². The average Bonchev–Trinajstić information content (AvgIpc) is 2.47. The first-order valence-electron chi connectivity index (χ1n) is 7.03. The van der Waals surface area contributed by atoms with Gasteiger partial charge in [0.2, 0.25) is 5.91 Å². The number of piperazine rings is 1. The molecule has 0 aliphatic carbocycles. The second-order valence-corrected chi connectivity index (χ2v) is 5.41. The van der Waals surface area contributed by atoms with Gasteiger partial charge in [0.05, 0.1) is 6.10 Å². The Kier molecular flexibility index (Phi) is 5.11. The Morgan fingerprint density at radius 2 is 1.85 bits per heavy atom. The zero-order chi connectivity index (χ0) is 14.5. The van der Waals surface area contributed by atoms with Crippen molar-refractivity contribution in [3.8, 4) is 0 Å². The summed E-state index contributed by atoms with van der Waals surface area (Å²) in [7, 11) is 2.03. The van der Waals surface area contributed by atoms with E-state index in [1.165, 1.54) is 0 Å². The zero-order valence-corrected chi connectivity index (χ0v) is 11.9. The van der Waals surface area contributed by atoms with Crippen molar-refractivity contribution in [1.29, 1.82) is 0 Å². The fraction of sp³-hybridized carbons (Fsp3) is 0.533. The van der Waals surface area contributed by atoms with Gasteiger partial charge in [0, 0.05) is 32.6 Å². The van der Waals surface area contributed by atoms with Crippen LogP contribution in [0.4, 0.5) is 0 Å². The SMILES string of the molecule is CN1CCN(C(=O)[C@H](N)[C@@H](O)Cc2ccccc2)CC1. The standard InChI is InChI=1S/C15H23N3O2/c1-17-7-9-18(10-8-17)15(20)14(16)13(19)11-12-5-3-2-4-6-12/h2-6,13-14,19H,7-11,16H2,1H3/t13-,14+/m0/s1. The number of hydrogen-bond acceptors (Lipinski definition) is 4. The quantitative estimate of drug-likeness (QED) is 0.792. The van der Waals surface area contributed by atoms with Crippen molar-refractivity contribution in [1.82, 2.24) is 9.80 Å². The number of hydrogen-bond donors (Lipinski definition) is 2. The fourth-order valence-corrected chi connectivity index (χ4v) is 2.38. The number of benzene rings is 1. The Bertz CT molecular complexity index is 430. The molecule has 1 aliphatic heterocycles. The first kappa shape index (κ1) is 15.0. The third-order valence-electron chi connectivity index (χ3n) is 3.80. The Morgan fingerprint density at radius 3 is 2.45 bits per heavy atom. The van der Waals surface area contributed by atoms with Crippen LogP contribution >= 0.6 is 0 Å². The molecule has 5 heteroatoms. The van der Waals surface area contributed by atoms with E-state index in [2.05, 4.69) is 4.90 Å². The van der Waals surface area contributed by atoms with Crippen LogP contribution in [-0.2, 0) is 11.2 Å². The van der Waals surface area contributed by atoms with Gasteiger partial charge < -0.3 is 20.6 Å². The second kappa shape index (κ2) is 6.83. The zero-order valence-electron chi connectivity index (χ0n) is 11.9. The smallest absolute Gasteiger partial charge is 0.242 e. The molecular formula is C15H23N3O2. The third kappa shape index (κ3) is 3.79. The first-order valence-corrected chi connectivity index (χ1v) is 7.03. The van der Waals surface area contributed by atoms with Crippen molar-refractivity contribution in [3.63, 3.8) is 0 Å². The molecule has 2 atom stereocenters. The molecule has 1 aromatic rings. The van der Waals surface area contributed by atoms with E-state index in [-0.39, 0.29) is 5.91 Å². The van der Waals surface area contributed by atoms with E-state index in [0.29, 0.717) is 19.5 Å². The van der Waals surface area contributed by atoms with Gasteiger partial charge in [-0.1, -0.05) is 30.3 Å². The predicted molar refractivity (Wildman–Crippen MR) is 78.2 cm³/mol. The normalized spacial score (nSPS) is 19.6. The van der Waals surface area contributed by atoms with Crippen molar-refractivity contribution in [2.75, 3.05) is 33.2 Å². The van der Waals surface area contributed by atoms with Crippen molar-refractivity contribution in [2.24, 2.45) is 5.73 Å². The average molecular weight is 277 g/mol. The Balaban J connectivity index is 1.89. The summed E-state index contributed by atoms with van der Waals surface area (Å²) >= 11 is 0. The van der Waals surface area contributed by atoms with Crippen molar-refractivity contribution >= 4 is 5.91 Å². The molecule has 0 bridgehead atoms. The van der Waals surface area contributed by atoms with Crippen LogP contribution in [0.1, 0.15) is 5.56 Å². The summed E-state index contributed by atoms with van der Waals surface area (Å²) in [5.41, 5.74) is 6.91. The lowest BCUT2D eigenvalue weighted by molar-refractivity contribution is -0.136. The molecule has 20 heavy (non-hydrogen) atoms. The van der Waals surface area contributed by atoms with Crippen molar-refractivity contribution < 1.29 is 9.90 Å². The van der Waals surface area contributed by atoms with Gasteiger partial charge in [0.1, 0.15) is 6.04 Å². The number of carbonyl (C=O) groups excluding carboxylic acids is 1. The van der Waals surface area contributed by atoms with Crippen LogP contribution in [0.25, 0.3) is 0 Å². The predicted octanol–water partition coefficient (Wildman–Crippen LogP) is -0.309. The number of rotatable bonds is 4. The number of aliphatic hydroxyl groups excluding tert-OH is 1. The Labute approximate surface area is 120 Å². The lowest BCUT2D eigenvalue weighted by Crippen LogP contribution is -2.55. The van der Waals surface area contributed by atoms with Gasteiger partial charge in [0.15, 0.2) is 0 Å². The van der Waals surface area contributed by atoms with Crippen molar-refractivity contribution in [2.45, 2.75) is 18.6 Å². The highest BCUT2D eigenvalue weighted by Crippen LogP contribution is 2.08. The maximum atomic E-state index is 12.3. The topological polar surface area (TPSA) is 69.8 Å². The summed E-state index contributed by atoms with van der Waals surface area (Å²) in [5, 5.41) is 10.1. The molecule has 1 saturated heterocycles. The van der Waals surface area contributed by atoms with E-state index in [1.54, 1.807) is 4.90 Å². The molecule has 2 rings (SSSR count). The molecule has 1 heterocycles. The minimum Gasteiger partial charge on any atom is -0.391 e. The highest BCUT2D eigenvalue weighted by atomic mass is 16.3. The monoisotopic (exact) mass is 277 g/mol. The molecule has 0 unspecified atom stereocenters. The van der Waals surface area contributed by atoms with Gasteiger partial charge in [-0.05, 0) is 12.6 Å². The number of likely N-dealkylation sites (N-methyl/N-ethyl adjacent to an activating group) is 1. The van der Waals surface area contributed by atoms with Crippen LogP contribution < -0.4 is 5.73 Å². The molecule has 3 N–H and O–H groups in total. The summed E-state index contributed by atoms with van der Waals surface area (Å²) in [6, 6.07) is 8.75. The van der Waals surface area contributed by atoms with E-state index < -0.39 is 12.1 Å². The third-order valence-corrected chi connectivity index (χ3v) is 3.80. The first-order chi connectivity index (χ1) is 9.58. The number of amides is 1. The van der Waals surface area contributed by atoms with Gasteiger partial charge in [0.25, 0.3) is 0 Å². The fourth-order valence-electron chi connectivity index (χ4n) is 2.38. The number of nitrogens with zero attached hydrogens (tertiary/aromatic N) is 2. The highest BCUT2D eigenvalue weighted by molar-refractivity contribution is 5.82. The lowest BCUT2D eigenvalue weighted by atomic mass is 10.0. The molecule has 0 spiro atoms. The molecule has 5 nitrogen and oxygen atoms in total. The number of nitrogens with two attached hydrogens (primary N) is 1. The molecule has 1 amide bonds. The maximum absolute atomic E-state index is 12.3. The minimum atomic E-state index is -0.849. The summed E-state index contributed by atoms with van der Waals surface area (Å²) < 4.78 is 0. The molecule has 0 saturated carbocycles. The van der Waals surface area contributed by atoms with E-state index in [4.69, 9.17) is 5.73 Å². The van der Waals surface area contributed by atoms with Crippen LogP contribution in [0.5, 0.6) is 0 Å². The molecule has 0 aromatic heterocycles. The summed E-state index contributed by atoms with van der Waals surface area (Å²) in [6.45, 7) is 3.07. The summed E-state index contributed by atoms with van der Waals surface area (Å²) in [4.78, 5) is 16.2. The van der Waals surface area contributed by atoms with E-state index in [0.717, 1.165) is 18.7 Å². The molecular weight excluding hydrogens is 254 g/mol. The van der Waals surface area contributed by atoms with Crippen LogP contribution in [0, 0.1) is 0 Å².